The lowest BCUT2D eigenvalue weighted by molar-refractivity contribution is 0.521. The van der Waals surface area contributed by atoms with Crippen LogP contribution >= 0.6 is 0 Å². The molecular formula is C15H19N3O2S. The van der Waals surface area contributed by atoms with Gasteiger partial charge in [-0.3, -0.25) is 0 Å². The maximum Gasteiger partial charge on any atom is 0.242 e. The maximum atomic E-state index is 12.0. The van der Waals surface area contributed by atoms with Gasteiger partial charge in [-0.25, -0.2) is 12.7 Å². The van der Waals surface area contributed by atoms with Crippen LogP contribution in [0.25, 0.3) is 0 Å². The zero-order chi connectivity index (χ0) is 15.5. The van der Waals surface area contributed by atoms with E-state index in [1.165, 1.54) is 18.4 Å². The molecule has 112 valence electrons. The van der Waals surface area contributed by atoms with Crippen molar-refractivity contribution < 1.29 is 8.42 Å². The Balaban J connectivity index is 2.07. The van der Waals surface area contributed by atoms with Gasteiger partial charge in [0.05, 0.1) is 4.90 Å². The molecule has 2 aromatic rings. The summed E-state index contributed by atoms with van der Waals surface area (Å²) in [6, 6.07) is 14.3. The Kier molecular flexibility index (Phi) is 4.50. The van der Waals surface area contributed by atoms with Crippen LogP contribution in [0.1, 0.15) is 5.56 Å². The number of hydrogen-bond donors (Lipinski definition) is 2. The number of nitrogens with zero attached hydrogens (tertiary/aromatic N) is 1. The number of nitrogens with one attached hydrogen (secondary N) is 1. The number of nitrogen functional groups attached to an aromatic ring is 1. The summed E-state index contributed by atoms with van der Waals surface area (Å²) in [7, 11) is -0.347. The first-order chi connectivity index (χ1) is 9.89. The van der Waals surface area contributed by atoms with Gasteiger partial charge in [-0.05, 0) is 42.0 Å². The molecule has 0 amide bonds. The minimum atomic E-state index is -3.38. The third-order valence-corrected chi connectivity index (χ3v) is 4.91. The Morgan fingerprint density at radius 2 is 1.76 bits per heavy atom. The summed E-state index contributed by atoms with van der Waals surface area (Å²) in [5, 5.41) is 3.23. The van der Waals surface area contributed by atoms with Gasteiger partial charge in [-0.15, -0.1) is 0 Å². The molecule has 0 aliphatic carbocycles. The number of benzene rings is 2. The highest BCUT2D eigenvalue weighted by Crippen LogP contribution is 2.17. The summed E-state index contributed by atoms with van der Waals surface area (Å²) >= 11 is 0. The van der Waals surface area contributed by atoms with Crippen LogP contribution in [0.4, 0.5) is 11.4 Å². The fourth-order valence-corrected chi connectivity index (χ4v) is 2.76. The van der Waals surface area contributed by atoms with Gasteiger partial charge >= 0.3 is 0 Å². The van der Waals surface area contributed by atoms with Gasteiger partial charge in [-0.1, -0.05) is 12.1 Å². The van der Waals surface area contributed by atoms with E-state index in [2.05, 4.69) is 5.32 Å². The van der Waals surface area contributed by atoms with Crippen molar-refractivity contribution in [1.82, 2.24) is 4.31 Å². The van der Waals surface area contributed by atoms with Crippen molar-refractivity contribution in [2.75, 3.05) is 25.1 Å². The van der Waals surface area contributed by atoms with Gasteiger partial charge in [0.25, 0.3) is 0 Å². The van der Waals surface area contributed by atoms with Crippen molar-refractivity contribution in [3.05, 3.63) is 54.1 Å². The standard InChI is InChI=1S/C15H19N3O2S/c1-18(2)21(19,20)15-8-6-14(7-9-15)17-11-12-4-3-5-13(16)10-12/h3-10,17H,11,16H2,1-2H3. The first kappa shape index (κ1) is 15.3. The lowest BCUT2D eigenvalue weighted by atomic mass is 10.2. The van der Waals surface area contributed by atoms with Crippen LogP contribution in [0.2, 0.25) is 0 Å². The summed E-state index contributed by atoms with van der Waals surface area (Å²) in [4.78, 5) is 0.280. The van der Waals surface area contributed by atoms with E-state index in [4.69, 9.17) is 5.73 Å². The Labute approximate surface area is 125 Å². The first-order valence-corrected chi connectivity index (χ1v) is 7.94. The maximum absolute atomic E-state index is 12.0. The third kappa shape index (κ3) is 3.74. The molecule has 0 heterocycles. The molecule has 0 saturated carbocycles. The van der Waals surface area contributed by atoms with Crippen molar-refractivity contribution in [2.24, 2.45) is 0 Å². The number of anilines is 2. The van der Waals surface area contributed by atoms with Crippen molar-refractivity contribution in [3.8, 4) is 0 Å². The van der Waals surface area contributed by atoms with Crippen LogP contribution < -0.4 is 11.1 Å². The van der Waals surface area contributed by atoms with Crippen LogP contribution in [0.3, 0.4) is 0 Å². The second kappa shape index (κ2) is 6.15. The summed E-state index contributed by atoms with van der Waals surface area (Å²) in [6.45, 7) is 0.630. The Bertz CT molecular complexity index is 710. The van der Waals surface area contributed by atoms with E-state index in [1.807, 2.05) is 24.3 Å². The molecule has 5 nitrogen and oxygen atoms in total. The quantitative estimate of drug-likeness (QED) is 0.830. The topological polar surface area (TPSA) is 75.4 Å². The lowest BCUT2D eigenvalue weighted by Gasteiger charge is -2.12. The van der Waals surface area contributed by atoms with E-state index in [0.29, 0.717) is 6.54 Å². The van der Waals surface area contributed by atoms with Crippen LogP contribution in [0.15, 0.2) is 53.4 Å². The molecule has 0 saturated heterocycles. The molecule has 0 fully saturated rings. The van der Waals surface area contributed by atoms with Crippen LogP contribution in [0.5, 0.6) is 0 Å². The molecule has 0 aromatic heterocycles. The Morgan fingerprint density at radius 3 is 2.33 bits per heavy atom. The van der Waals surface area contributed by atoms with Crippen LogP contribution in [0, 0.1) is 0 Å². The predicted molar refractivity (Wildman–Crippen MR) is 85.5 cm³/mol. The highest BCUT2D eigenvalue weighted by atomic mass is 32.2. The zero-order valence-electron chi connectivity index (χ0n) is 12.1. The molecule has 6 heteroatoms. The van der Waals surface area contributed by atoms with E-state index in [0.717, 1.165) is 16.9 Å². The van der Waals surface area contributed by atoms with Crippen molar-refractivity contribution in [3.63, 3.8) is 0 Å². The second-order valence-corrected chi connectivity index (χ2v) is 7.06. The number of rotatable bonds is 5. The van der Waals surface area contributed by atoms with Crippen molar-refractivity contribution >= 4 is 21.4 Å². The van der Waals surface area contributed by atoms with Crippen molar-refractivity contribution in [2.45, 2.75) is 11.4 Å². The monoisotopic (exact) mass is 305 g/mol. The molecule has 0 radical (unpaired) electrons. The minimum absolute atomic E-state index is 0.280. The molecule has 21 heavy (non-hydrogen) atoms. The smallest absolute Gasteiger partial charge is 0.242 e. The molecule has 0 bridgehead atoms. The highest BCUT2D eigenvalue weighted by molar-refractivity contribution is 7.89. The minimum Gasteiger partial charge on any atom is -0.399 e. The highest BCUT2D eigenvalue weighted by Gasteiger charge is 2.16. The fraction of sp³-hybridized carbons (Fsp3) is 0.200. The molecule has 2 aromatic carbocycles. The summed E-state index contributed by atoms with van der Waals surface area (Å²) in [6.07, 6.45) is 0. The molecule has 0 aliphatic heterocycles. The summed E-state index contributed by atoms with van der Waals surface area (Å²) < 4.78 is 25.1. The molecule has 3 N–H and O–H groups in total. The molecule has 2 rings (SSSR count). The number of sulfonamides is 1. The molecule has 0 atom stereocenters. The van der Waals surface area contributed by atoms with Gasteiger partial charge in [0.1, 0.15) is 0 Å². The number of nitrogens with two attached hydrogens (primary N) is 1. The Morgan fingerprint density at radius 1 is 1.10 bits per heavy atom. The Hall–Kier alpha value is -2.05. The van der Waals surface area contributed by atoms with Gasteiger partial charge in [0, 0.05) is 32.0 Å². The largest absolute Gasteiger partial charge is 0.399 e. The van der Waals surface area contributed by atoms with Gasteiger partial charge < -0.3 is 11.1 Å². The second-order valence-electron chi connectivity index (χ2n) is 4.91. The summed E-state index contributed by atoms with van der Waals surface area (Å²) in [5.41, 5.74) is 8.37. The average molecular weight is 305 g/mol. The molecule has 0 unspecified atom stereocenters. The van der Waals surface area contributed by atoms with Crippen LogP contribution in [-0.2, 0) is 16.6 Å². The molecular weight excluding hydrogens is 286 g/mol. The van der Waals surface area contributed by atoms with E-state index in [1.54, 1.807) is 24.3 Å². The zero-order valence-corrected chi connectivity index (χ0v) is 12.9. The van der Waals surface area contributed by atoms with Gasteiger partial charge in [0.2, 0.25) is 10.0 Å². The van der Waals surface area contributed by atoms with Gasteiger partial charge in [0.15, 0.2) is 0 Å². The molecule has 0 aliphatic rings. The fourth-order valence-electron chi connectivity index (χ4n) is 1.86. The normalized spacial score (nSPS) is 11.6. The molecule has 0 spiro atoms. The lowest BCUT2D eigenvalue weighted by Crippen LogP contribution is -2.22. The number of hydrogen-bond acceptors (Lipinski definition) is 4. The van der Waals surface area contributed by atoms with E-state index < -0.39 is 10.0 Å². The first-order valence-electron chi connectivity index (χ1n) is 6.50. The third-order valence-electron chi connectivity index (χ3n) is 3.08. The van der Waals surface area contributed by atoms with Crippen molar-refractivity contribution in [1.29, 1.82) is 0 Å². The van der Waals surface area contributed by atoms with E-state index in [-0.39, 0.29) is 4.90 Å². The van der Waals surface area contributed by atoms with Gasteiger partial charge in [-0.2, -0.15) is 0 Å². The predicted octanol–water partition coefficient (Wildman–Crippen LogP) is 2.13. The van der Waals surface area contributed by atoms with E-state index in [9.17, 15) is 8.42 Å². The SMILES string of the molecule is CN(C)S(=O)(=O)c1ccc(NCc2cccc(N)c2)cc1. The summed E-state index contributed by atoms with van der Waals surface area (Å²) in [5.74, 6) is 0. The average Bonchev–Trinajstić information content (AvgIpc) is 2.45. The van der Waals surface area contributed by atoms with Crippen LogP contribution in [-0.4, -0.2) is 26.8 Å². The van der Waals surface area contributed by atoms with E-state index >= 15 is 0 Å².